The van der Waals surface area contributed by atoms with Crippen molar-refractivity contribution in [2.24, 2.45) is 0 Å². The van der Waals surface area contributed by atoms with E-state index in [0.29, 0.717) is 11.1 Å². The third kappa shape index (κ3) is 5.13. The molecule has 0 aliphatic carbocycles. The summed E-state index contributed by atoms with van der Waals surface area (Å²) in [6.45, 7) is 1.90. The number of esters is 1. The number of ether oxygens (including phenoxy) is 1. The summed E-state index contributed by atoms with van der Waals surface area (Å²) in [6, 6.07) is 13.6. The molecule has 0 aliphatic heterocycles. The Kier molecular flexibility index (Phi) is 6.22. The zero-order valence-corrected chi connectivity index (χ0v) is 13.7. The molecule has 2 aromatic carbocycles. The van der Waals surface area contributed by atoms with Crippen molar-refractivity contribution in [3.05, 3.63) is 75.8 Å². The molecule has 0 aromatic heterocycles. The highest BCUT2D eigenvalue weighted by Crippen LogP contribution is 2.23. The summed E-state index contributed by atoms with van der Waals surface area (Å²) in [5.41, 5.74) is 0.786. The summed E-state index contributed by atoms with van der Waals surface area (Å²) < 4.78 is 4.93. The number of non-ortho nitro benzene ring substituents is 1. The van der Waals surface area contributed by atoms with Crippen molar-refractivity contribution in [3.8, 4) is 0 Å². The predicted octanol–water partition coefficient (Wildman–Crippen LogP) is 3.02. The first-order valence-electron chi connectivity index (χ1n) is 7.77. The second-order valence-corrected chi connectivity index (χ2v) is 5.25. The third-order valence-corrected chi connectivity index (χ3v) is 3.50. The van der Waals surface area contributed by atoms with E-state index in [4.69, 9.17) is 4.74 Å². The van der Waals surface area contributed by atoms with Gasteiger partial charge in [-0.3, -0.25) is 19.7 Å². The lowest BCUT2D eigenvalue weighted by Crippen LogP contribution is -2.30. The third-order valence-electron chi connectivity index (χ3n) is 3.50. The van der Waals surface area contributed by atoms with Gasteiger partial charge < -0.3 is 10.1 Å². The highest BCUT2D eigenvalue weighted by molar-refractivity contribution is 5.94. The molecule has 1 amide bonds. The molecule has 7 heteroatoms. The highest BCUT2D eigenvalue weighted by atomic mass is 16.6. The molecule has 0 radical (unpaired) electrons. The van der Waals surface area contributed by atoms with Crippen molar-refractivity contribution >= 4 is 17.6 Å². The number of hydrogen-bond donors (Lipinski definition) is 1. The standard InChI is InChI=1S/C18H18N2O5/c1-2-25-17(21)12-16(14-9-6-10-15(11-14)20(23)24)19-18(22)13-7-4-3-5-8-13/h3-11,16H,2,12H2,1H3,(H,19,22)/t16-/m0/s1. The number of nitro groups is 1. The number of benzene rings is 2. The van der Waals surface area contributed by atoms with E-state index in [1.165, 1.54) is 18.2 Å². The van der Waals surface area contributed by atoms with Gasteiger partial charge in [-0.2, -0.15) is 0 Å². The van der Waals surface area contributed by atoms with Crippen LogP contribution in [0.3, 0.4) is 0 Å². The summed E-state index contributed by atoms with van der Waals surface area (Å²) in [7, 11) is 0. The number of rotatable bonds is 7. The van der Waals surface area contributed by atoms with Crippen LogP contribution in [-0.4, -0.2) is 23.4 Å². The Balaban J connectivity index is 2.26. The van der Waals surface area contributed by atoms with Gasteiger partial charge in [0, 0.05) is 17.7 Å². The molecule has 0 fully saturated rings. The van der Waals surface area contributed by atoms with E-state index in [-0.39, 0.29) is 24.6 Å². The van der Waals surface area contributed by atoms with Gasteiger partial charge in [0.2, 0.25) is 0 Å². The highest BCUT2D eigenvalue weighted by Gasteiger charge is 2.21. The van der Waals surface area contributed by atoms with Crippen LogP contribution >= 0.6 is 0 Å². The quantitative estimate of drug-likeness (QED) is 0.474. The van der Waals surface area contributed by atoms with Crippen LogP contribution in [0, 0.1) is 10.1 Å². The number of hydrogen-bond acceptors (Lipinski definition) is 5. The molecular weight excluding hydrogens is 324 g/mol. The Morgan fingerprint density at radius 3 is 2.52 bits per heavy atom. The zero-order chi connectivity index (χ0) is 18.2. The molecule has 25 heavy (non-hydrogen) atoms. The van der Waals surface area contributed by atoms with Crippen LogP contribution < -0.4 is 5.32 Å². The van der Waals surface area contributed by atoms with E-state index >= 15 is 0 Å². The lowest BCUT2D eigenvalue weighted by molar-refractivity contribution is -0.384. The van der Waals surface area contributed by atoms with Gasteiger partial charge in [-0.1, -0.05) is 30.3 Å². The average Bonchev–Trinajstić information content (AvgIpc) is 2.62. The van der Waals surface area contributed by atoms with Crippen molar-refractivity contribution in [2.75, 3.05) is 6.61 Å². The Hall–Kier alpha value is -3.22. The fraction of sp³-hybridized carbons (Fsp3) is 0.222. The predicted molar refractivity (Wildman–Crippen MR) is 91.0 cm³/mol. The summed E-state index contributed by atoms with van der Waals surface area (Å²) >= 11 is 0. The molecule has 0 bridgehead atoms. The molecular formula is C18H18N2O5. The van der Waals surface area contributed by atoms with Gasteiger partial charge in [-0.05, 0) is 24.6 Å². The molecule has 0 saturated carbocycles. The minimum atomic E-state index is -0.730. The Labute approximate surface area is 144 Å². The number of nitrogens with one attached hydrogen (secondary N) is 1. The van der Waals surface area contributed by atoms with Crippen molar-refractivity contribution < 1.29 is 19.2 Å². The molecule has 0 aliphatic rings. The van der Waals surface area contributed by atoms with Crippen molar-refractivity contribution in [3.63, 3.8) is 0 Å². The number of carbonyl (C=O) groups is 2. The zero-order valence-electron chi connectivity index (χ0n) is 13.7. The molecule has 1 N–H and O–H groups in total. The van der Waals surface area contributed by atoms with Gasteiger partial charge in [0.15, 0.2) is 0 Å². The van der Waals surface area contributed by atoms with Crippen molar-refractivity contribution in [1.29, 1.82) is 0 Å². The van der Waals surface area contributed by atoms with Gasteiger partial charge in [0.1, 0.15) is 0 Å². The van der Waals surface area contributed by atoms with Crippen molar-refractivity contribution in [2.45, 2.75) is 19.4 Å². The van der Waals surface area contributed by atoms with Gasteiger partial charge in [0.25, 0.3) is 11.6 Å². The largest absolute Gasteiger partial charge is 0.466 e. The normalized spacial score (nSPS) is 11.4. The van der Waals surface area contributed by atoms with Crippen molar-refractivity contribution in [1.82, 2.24) is 5.32 Å². The number of nitro benzene ring substituents is 1. The van der Waals surface area contributed by atoms with Gasteiger partial charge in [-0.25, -0.2) is 0 Å². The summed E-state index contributed by atoms with van der Waals surface area (Å²) in [5, 5.41) is 13.7. The minimum Gasteiger partial charge on any atom is -0.466 e. The Bertz CT molecular complexity index is 761. The molecule has 0 spiro atoms. The molecule has 130 valence electrons. The molecule has 7 nitrogen and oxygen atoms in total. The Morgan fingerprint density at radius 1 is 1.16 bits per heavy atom. The smallest absolute Gasteiger partial charge is 0.308 e. The second kappa shape index (κ2) is 8.58. The van der Waals surface area contributed by atoms with E-state index in [9.17, 15) is 19.7 Å². The van der Waals surface area contributed by atoms with E-state index in [2.05, 4.69) is 5.32 Å². The maximum absolute atomic E-state index is 12.4. The van der Waals surface area contributed by atoms with Crippen LogP contribution in [0.25, 0.3) is 0 Å². The van der Waals surface area contributed by atoms with E-state index in [1.54, 1.807) is 43.3 Å². The second-order valence-electron chi connectivity index (χ2n) is 5.25. The Morgan fingerprint density at radius 2 is 1.88 bits per heavy atom. The summed E-state index contributed by atoms with van der Waals surface area (Å²) in [5.74, 6) is -0.867. The number of carbonyl (C=O) groups excluding carboxylic acids is 2. The van der Waals surface area contributed by atoms with Crippen LogP contribution in [-0.2, 0) is 9.53 Å². The topological polar surface area (TPSA) is 98.5 Å². The van der Waals surface area contributed by atoms with Crippen LogP contribution in [0.15, 0.2) is 54.6 Å². The fourth-order valence-corrected chi connectivity index (χ4v) is 2.33. The molecule has 2 aromatic rings. The van der Waals surface area contributed by atoms with Crippen LogP contribution in [0.4, 0.5) is 5.69 Å². The average molecular weight is 342 g/mol. The number of amides is 1. The molecule has 1 atom stereocenters. The van der Waals surface area contributed by atoms with Gasteiger partial charge >= 0.3 is 5.97 Å². The monoisotopic (exact) mass is 342 g/mol. The van der Waals surface area contributed by atoms with Gasteiger partial charge in [0.05, 0.1) is 24.0 Å². The van der Waals surface area contributed by atoms with E-state index in [0.717, 1.165) is 0 Å². The lowest BCUT2D eigenvalue weighted by atomic mass is 10.0. The van der Waals surface area contributed by atoms with Crippen LogP contribution in [0.1, 0.15) is 35.3 Å². The maximum Gasteiger partial charge on any atom is 0.308 e. The fourth-order valence-electron chi connectivity index (χ4n) is 2.33. The maximum atomic E-state index is 12.4. The molecule has 0 heterocycles. The first-order valence-corrected chi connectivity index (χ1v) is 7.77. The minimum absolute atomic E-state index is 0.111. The number of nitrogens with zero attached hydrogens (tertiary/aromatic N) is 1. The van der Waals surface area contributed by atoms with Gasteiger partial charge in [-0.15, -0.1) is 0 Å². The molecule has 0 saturated heterocycles. The first-order chi connectivity index (χ1) is 12.0. The summed E-state index contributed by atoms with van der Waals surface area (Å²) in [4.78, 5) is 34.7. The molecule has 2 rings (SSSR count). The van der Waals surface area contributed by atoms with Crippen LogP contribution in [0.5, 0.6) is 0 Å². The van der Waals surface area contributed by atoms with E-state index < -0.39 is 16.9 Å². The SMILES string of the molecule is CCOC(=O)C[C@H](NC(=O)c1ccccc1)c1cccc([N+](=O)[O-])c1. The lowest BCUT2D eigenvalue weighted by Gasteiger charge is -2.18. The first kappa shape index (κ1) is 18.1. The van der Waals surface area contributed by atoms with E-state index in [1.807, 2.05) is 0 Å². The summed E-state index contributed by atoms with van der Waals surface area (Å²) in [6.07, 6.45) is -0.117. The molecule has 0 unspecified atom stereocenters. The van der Waals surface area contributed by atoms with Crippen LogP contribution in [0.2, 0.25) is 0 Å².